The van der Waals surface area contributed by atoms with Gasteiger partial charge in [-0.15, -0.1) is 0 Å². The molecule has 0 aliphatic rings. The molecular weight excluding hydrogens is 306 g/mol. The Labute approximate surface area is 150 Å². The highest BCUT2D eigenvalue weighted by molar-refractivity contribution is 5.86. The molecule has 3 rings (SSSR count). The van der Waals surface area contributed by atoms with Crippen molar-refractivity contribution < 1.29 is 4.79 Å². The van der Waals surface area contributed by atoms with E-state index in [0.717, 1.165) is 12.1 Å². The number of rotatable bonds is 7. The lowest BCUT2D eigenvalue weighted by molar-refractivity contribution is -0.120. The van der Waals surface area contributed by atoms with Gasteiger partial charge in [0.25, 0.3) is 0 Å². The molecule has 0 atom stereocenters. The van der Waals surface area contributed by atoms with E-state index in [0.29, 0.717) is 19.0 Å². The number of hydrogen-bond acceptors (Lipinski definition) is 2. The van der Waals surface area contributed by atoms with E-state index in [2.05, 4.69) is 61.2 Å². The molecular formula is C23H25NO. The van der Waals surface area contributed by atoms with E-state index < -0.39 is 0 Å². The van der Waals surface area contributed by atoms with Crippen LogP contribution in [0.3, 0.4) is 0 Å². The third kappa shape index (κ3) is 4.77. The second-order valence-corrected chi connectivity index (χ2v) is 6.88. The monoisotopic (exact) mass is 331 g/mol. The molecule has 0 bridgehead atoms. The smallest absolute Gasteiger partial charge is 0.151 e. The Morgan fingerprint density at radius 2 is 1.52 bits per heavy atom. The fraction of sp³-hybridized carbons (Fsp3) is 0.261. The van der Waals surface area contributed by atoms with Crippen molar-refractivity contribution in [3.63, 3.8) is 0 Å². The minimum atomic E-state index is 0.264. The summed E-state index contributed by atoms with van der Waals surface area (Å²) in [5.41, 5.74) is 2.34. The SMILES string of the molecule is CC(C)N(CC(=O)Cc1ccc2ccccc2c1)Cc1ccccc1. The Hall–Kier alpha value is -2.45. The van der Waals surface area contributed by atoms with E-state index in [4.69, 9.17) is 0 Å². The Morgan fingerprint density at radius 1 is 0.840 bits per heavy atom. The van der Waals surface area contributed by atoms with Gasteiger partial charge in [0.2, 0.25) is 0 Å². The predicted octanol–water partition coefficient (Wildman–Crippen LogP) is 4.86. The molecule has 0 aliphatic carbocycles. The van der Waals surface area contributed by atoms with Crippen LogP contribution >= 0.6 is 0 Å². The fourth-order valence-corrected chi connectivity index (χ4v) is 3.10. The van der Waals surface area contributed by atoms with Crippen LogP contribution in [0.2, 0.25) is 0 Å². The first-order valence-electron chi connectivity index (χ1n) is 8.89. The van der Waals surface area contributed by atoms with Crippen molar-refractivity contribution in [3.05, 3.63) is 83.9 Å². The summed E-state index contributed by atoms with van der Waals surface area (Å²) in [6.07, 6.45) is 0.489. The summed E-state index contributed by atoms with van der Waals surface area (Å²) in [5, 5.41) is 2.41. The first-order chi connectivity index (χ1) is 12.1. The normalized spacial score (nSPS) is 11.4. The van der Waals surface area contributed by atoms with Crippen molar-refractivity contribution in [2.24, 2.45) is 0 Å². The molecule has 0 fully saturated rings. The van der Waals surface area contributed by atoms with E-state index in [1.807, 2.05) is 30.3 Å². The predicted molar refractivity (Wildman–Crippen MR) is 105 cm³/mol. The van der Waals surface area contributed by atoms with Gasteiger partial charge in [-0.2, -0.15) is 0 Å². The lowest BCUT2D eigenvalue weighted by atomic mass is 10.0. The van der Waals surface area contributed by atoms with Gasteiger partial charge in [-0.05, 0) is 35.7 Å². The van der Waals surface area contributed by atoms with Gasteiger partial charge < -0.3 is 0 Å². The zero-order valence-electron chi connectivity index (χ0n) is 15.0. The molecule has 128 valence electrons. The lowest BCUT2D eigenvalue weighted by Gasteiger charge is -2.25. The molecule has 0 unspecified atom stereocenters. The van der Waals surface area contributed by atoms with Crippen LogP contribution in [-0.2, 0) is 17.8 Å². The molecule has 0 radical (unpaired) electrons. The molecule has 0 amide bonds. The fourth-order valence-electron chi connectivity index (χ4n) is 3.10. The summed E-state index contributed by atoms with van der Waals surface area (Å²) in [5.74, 6) is 0.264. The van der Waals surface area contributed by atoms with Gasteiger partial charge in [-0.3, -0.25) is 9.69 Å². The standard InChI is InChI=1S/C23H25NO/c1-18(2)24(16-19-8-4-3-5-9-19)17-23(25)15-20-12-13-21-10-6-7-11-22(21)14-20/h3-14,18H,15-17H2,1-2H3. The second-order valence-electron chi connectivity index (χ2n) is 6.88. The Morgan fingerprint density at radius 3 is 2.24 bits per heavy atom. The largest absolute Gasteiger partial charge is 0.298 e. The number of benzene rings is 3. The number of hydrogen-bond donors (Lipinski definition) is 0. The van der Waals surface area contributed by atoms with Crippen LogP contribution in [0.4, 0.5) is 0 Å². The molecule has 3 aromatic carbocycles. The minimum absolute atomic E-state index is 0.264. The molecule has 3 aromatic rings. The van der Waals surface area contributed by atoms with Crippen molar-refractivity contribution in [2.75, 3.05) is 6.54 Å². The first-order valence-corrected chi connectivity index (χ1v) is 8.89. The van der Waals surface area contributed by atoms with Crippen molar-refractivity contribution in [3.8, 4) is 0 Å². The first kappa shape index (κ1) is 17.4. The highest BCUT2D eigenvalue weighted by Gasteiger charge is 2.15. The molecule has 0 spiro atoms. The maximum atomic E-state index is 12.6. The van der Waals surface area contributed by atoms with Gasteiger partial charge >= 0.3 is 0 Å². The number of carbonyl (C=O) groups excluding carboxylic acids is 1. The molecule has 0 heterocycles. The average molecular weight is 331 g/mol. The third-order valence-electron chi connectivity index (χ3n) is 4.55. The molecule has 25 heavy (non-hydrogen) atoms. The Balaban J connectivity index is 1.66. The van der Waals surface area contributed by atoms with E-state index in [9.17, 15) is 4.79 Å². The summed E-state index contributed by atoms with van der Waals surface area (Å²) in [4.78, 5) is 14.8. The molecule has 0 saturated carbocycles. The lowest BCUT2D eigenvalue weighted by Crippen LogP contribution is -2.35. The van der Waals surface area contributed by atoms with Crippen molar-refractivity contribution in [1.82, 2.24) is 4.90 Å². The minimum Gasteiger partial charge on any atom is -0.298 e. The summed E-state index contributed by atoms with van der Waals surface area (Å²) in [7, 11) is 0. The Kier molecular flexibility index (Phi) is 5.62. The number of ketones is 1. The highest BCUT2D eigenvalue weighted by Crippen LogP contribution is 2.16. The van der Waals surface area contributed by atoms with Crippen molar-refractivity contribution >= 4 is 16.6 Å². The summed E-state index contributed by atoms with van der Waals surface area (Å²) >= 11 is 0. The maximum Gasteiger partial charge on any atom is 0.151 e. The van der Waals surface area contributed by atoms with Gasteiger partial charge in [0.15, 0.2) is 5.78 Å². The molecule has 0 aliphatic heterocycles. The van der Waals surface area contributed by atoms with Gasteiger partial charge in [0, 0.05) is 19.0 Å². The number of nitrogens with zero attached hydrogens (tertiary/aromatic N) is 1. The summed E-state index contributed by atoms with van der Waals surface area (Å²) in [6.45, 7) is 5.58. The molecule has 0 aromatic heterocycles. The van der Waals surface area contributed by atoms with Gasteiger partial charge in [-0.1, -0.05) is 72.8 Å². The molecule has 0 saturated heterocycles. The van der Waals surface area contributed by atoms with E-state index in [1.165, 1.54) is 16.3 Å². The van der Waals surface area contributed by atoms with Crippen molar-refractivity contribution in [1.29, 1.82) is 0 Å². The van der Waals surface area contributed by atoms with Crippen LogP contribution in [-0.4, -0.2) is 23.3 Å². The van der Waals surface area contributed by atoms with Crippen molar-refractivity contribution in [2.45, 2.75) is 32.9 Å². The van der Waals surface area contributed by atoms with Crippen LogP contribution in [0.1, 0.15) is 25.0 Å². The zero-order valence-corrected chi connectivity index (χ0v) is 15.0. The van der Waals surface area contributed by atoms with Gasteiger partial charge in [0.05, 0.1) is 6.54 Å². The van der Waals surface area contributed by atoms with E-state index >= 15 is 0 Å². The number of Topliss-reactive ketones (excluding diaryl/α,β-unsaturated/α-hetero) is 1. The molecule has 2 heteroatoms. The van der Waals surface area contributed by atoms with E-state index in [-0.39, 0.29) is 5.78 Å². The molecule has 2 nitrogen and oxygen atoms in total. The summed E-state index contributed by atoms with van der Waals surface area (Å²) in [6, 6.07) is 25.2. The van der Waals surface area contributed by atoms with Crippen LogP contribution in [0.15, 0.2) is 72.8 Å². The van der Waals surface area contributed by atoms with Crippen LogP contribution in [0, 0.1) is 0 Å². The summed E-state index contributed by atoms with van der Waals surface area (Å²) < 4.78 is 0. The highest BCUT2D eigenvalue weighted by atomic mass is 16.1. The van der Waals surface area contributed by atoms with Crippen LogP contribution in [0.5, 0.6) is 0 Å². The third-order valence-corrected chi connectivity index (χ3v) is 4.55. The Bertz CT molecular complexity index is 839. The number of carbonyl (C=O) groups is 1. The quantitative estimate of drug-likeness (QED) is 0.616. The topological polar surface area (TPSA) is 20.3 Å². The zero-order chi connectivity index (χ0) is 17.6. The average Bonchev–Trinajstić information content (AvgIpc) is 2.62. The van der Waals surface area contributed by atoms with Crippen LogP contribution in [0.25, 0.3) is 10.8 Å². The van der Waals surface area contributed by atoms with E-state index in [1.54, 1.807) is 0 Å². The van der Waals surface area contributed by atoms with Gasteiger partial charge in [-0.25, -0.2) is 0 Å². The maximum absolute atomic E-state index is 12.6. The van der Waals surface area contributed by atoms with Gasteiger partial charge in [0.1, 0.15) is 0 Å². The van der Waals surface area contributed by atoms with Crippen LogP contribution < -0.4 is 0 Å². The number of fused-ring (bicyclic) bond motifs is 1. The molecule has 0 N–H and O–H groups in total. The second kappa shape index (κ2) is 8.09.